The van der Waals surface area contributed by atoms with Crippen molar-refractivity contribution in [3.05, 3.63) is 28.7 Å². The third kappa shape index (κ3) is 1.82. The molecule has 0 aliphatic heterocycles. The summed E-state index contributed by atoms with van der Waals surface area (Å²) in [5, 5.41) is 11.3. The van der Waals surface area contributed by atoms with Crippen LogP contribution in [0.25, 0.3) is 0 Å². The number of anilines is 1. The number of carbonyl (C=O) groups excluding carboxylic acids is 1. The Morgan fingerprint density at radius 2 is 2.12 bits per heavy atom. The average Bonchev–Trinajstić information content (AvgIpc) is 3.05. The van der Waals surface area contributed by atoms with E-state index in [1.807, 2.05) is 0 Å². The van der Waals surface area contributed by atoms with E-state index in [-0.39, 0.29) is 11.2 Å². The minimum absolute atomic E-state index is 0.104. The molecule has 0 unspecified atom stereocenters. The van der Waals surface area contributed by atoms with E-state index < -0.39 is 17.3 Å². The summed E-state index contributed by atoms with van der Waals surface area (Å²) in [4.78, 5) is 34.3. The Balaban J connectivity index is 2.23. The maximum absolute atomic E-state index is 11.8. The molecule has 1 aromatic rings. The number of carboxylic acid groups (broad SMARTS) is 1. The van der Waals surface area contributed by atoms with Gasteiger partial charge in [-0.15, -0.1) is 0 Å². The smallest absolute Gasteiger partial charge is 0.319 e. The summed E-state index contributed by atoms with van der Waals surface area (Å²) in [5.41, 5.74) is -1.59. The summed E-state index contributed by atoms with van der Waals surface area (Å²) in [7, 11) is 1.56. The summed E-state index contributed by atoms with van der Waals surface area (Å²) in [6, 6.07) is 3.06. The fraction of sp³-hybridized carbons (Fsp3) is 0.364. The van der Waals surface area contributed by atoms with Crippen LogP contribution in [0.3, 0.4) is 0 Å². The fourth-order valence-corrected chi connectivity index (χ4v) is 1.60. The van der Waals surface area contributed by atoms with Gasteiger partial charge in [0.05, 0.1) is 0 Å². The number of rotatable bonds is 3. The molecular weight excluding hydrogens is 224 g/mol. The van der Waals surface area contributed by atoms with Gasteiger partial charge in [0.25, 0.3) is 5.56 Å². The molecule has 1 aromatic heterocycles. The van der Waals surface area contributed by atoms with Crippen LogP contribution in [-0.2, 0) is 16.6 Å². The number of carboxylic acids is 1. The maximum atomic E-state index is 11.8. The second-order valence-electron chi connectivity index (χ2n) is 4.18. The molecule has 0 spiro atoms. The number of carbonyl (C=O) groups is 2. The van der Waals surface area contributed by atoms with E-state index in [2.05, 4.69) is 5.32 Å². The summed E-state index contributed by atoms with van der Waals surface area (Å²) in [6.45, 7) is 0. The molecule has 1 heterocycles. The zero-order chi connectivity index (χ0) is 12.6. The van der Waals surface area contributed by atoms with Crippen molar-refractivity contribution in [3.8, 4) is 0 Å². The van der Waals surface area contributed by atoms with Crippen molar-refractivity contribution in [2.75, 3.05) is 5.32 Å². The van der Waals surface area contributed by atoms with Gasteiger partial charge in [0.2, 0.25) is 5.91 Å². The first-order valence-electron chi connectivity index (χ1n) is 5.18. The molecule has 2 N–H and O–H groups in total. The van der Waals surface area contributed by atoms with E-state index in [0.29, 0.717) is 12.8 Å². The van der Waals surface area contributed by atoms with Crippen molar-refractivity contribution in [2.24, 2.45) is 12.5 Å². The van der Waals surface area contributed by atoms with Crippen molar-refractivity contribution < 1.29 is 14.7 Å². The van der Waals surface area contributed by atoms with E-state index in [0.717, 1.165) is 0 Å². The van der Waals surface area contributed by atoms with Crippen molar-refractivity contribution in [1.82, 2.24) is 4.57 Å². The lowest BCUT2D eigenvalue weighted by Crippen LogP contribution is -2.33. The highest BCUT2D eigenvalue weighted by Gasteiger charge is 2.57. The van der Waals surface area contributed by atoms with E-state index in [1.165, 1.54) is 10.6 Å². The van der Waals surface area contributed by atoms with Crippen LogP contribution in [0.1, 0.15) is 12.8 Å². The van der Waals surface area contributed by atoms with E-state index in [4.69, 9.17) is 5.11 Å². The average molecular weight is 236 g/mol. The second-order valence-corrected chi connectivity index (χ2v) is 4.18. The van der Waals surface area contributed by atoms with Gasteiger partial charge in [-0.1, -0.05) is 0 Å². The minimum Gasteiger partial charge on any atom is -0.480 e. The zero-order valence-corrected chi connectivity index (χ0v) is 9.27. The molecular formula is C11H12N2O4. The largest absolute Gasteiger partial charge is 0.480 e. The van der Waals surface area contributed by atoms with Crippen LogP contribution < -0.4 is 10.9 Å². The topological polar surface area (TPSA) is 88.4 Å². The van der Waals surface area contributed by atoms with Gasteiger partial charge in [0.1, 0.15) is 11.1 Å². The molecule has 6 heteroatoms. The highest BCUT2D eigenvalue weighted by molar-refractivity contribution is 6.10. The Kier molecular flexibility index (Phi) is 2.49. The molecule has 0 bridgehead atoms. The SMILES string of the molecule is Cn1cccc(NC(=O)C2(C(=O)O)CC2)c1=O. The van der Waals surface area contributed by atoms with Crippen molar-refractivity contribution in [2.45, 2.75) is 12.8 Å². The standard InChI is InChI=1S/C11H12N2O4/c1-13-6-2-3-7(8(13)14)12-9(15)11(4-5-11)10(16)17/h2-3,6H,4-5H2,1H3,(H,12,15)(H,16,17). The van der Waals surface area contributed by atoms with Gasteiger partial charge in [-0.3, -0.25) is 14.4 Å². The number of aryl methyl sites for hydroxylation is 1. The molecule has 0 radical (unpaired) electrons. The molecule has 1 aliphatic rings. The molecule has 0 saturated heterocycles. The van der Waals surface area contributed by atoms with Crippen LogP contribution in [0, 0.1) is 5.41 Å². The van der Waals surface area contributed by atoms with Crippen LogP contribution in [0.5, 0.6) is 0 Å². The van der Waals surface area contributed by atoms with Crippen LogP contribution in [0.2, 0.25) is 0 Å². The van der Waals surface area contributed by atoms with Crippen LogP contribution in [0.15, 0.2) is 23.1 Å². The normalized spacial score (nSPS) is 16.3. The van der Waals surface area contributed by atoms with E-state index in [1.54, 1.807) is 19.3 Å². The molecule has 1 fully saturated rings. The quantitative estimate of drug-likeness (QED) is 0.733. The van der Waals surface area contributed by atoms with Gasteiger partial charge in [-0.05, 0) is 25.0 Å². The lowest BCUT2D eigenvalue weighted by atomic mass is 10.1. The first-order chi connectivity index (χ1) is 7.97. The van der Waals surface area contributed by atoms with Crippen molar-refractivity contribution in [1.29, 1.82) is 0 Å². The second kappa shape index (κ2) is 3.73. The number of aromatic nitrogens is 1. The number of hydrogen-bond donors (Lipinski definition) is 2. The van der Waals surface area contributed by atoms with Crippen LogP contribution in [0.4, 0.5) is 5.69 Å². The summed E-state index contributed by atoms with van der Waals surface area (Å²) in [6.07, 6.45) is 2.20. The van der Waals surface area contributed by atoms with Gasteiger partial charge in [0.15, 0.2) is 0 Å². The third-order valence-electron chi connectivity index (χ3n) is 2.97. The van der Waals surface area contributed by atoms with Gasteiger partial charge in [0, 0.05) is 13.2 Å². The van der Waals surface area contributed by atoms with E-state index >= 15 is 0 Å². The van der Waals surface area contributed by atoms with Gasteiger partial charge in [-0.25, -0.2) is 0 Å². The molecule has 1 aliphatic carbocycles. The third-order valence-corrected chi connectivity index (χ3v) is 2.97. The number of aliphatic carboxylic acids is 1. The highest BCUT2D eigenvalue weighted by atomic mass is 16.4. The predicted octanol–water partition coefficient (Wildman–Crippen LogP) is 0.189. The number of nitrogens with one attached hydrogen (secondary N) is 1. The predicted molar refractivity (Wildman–Crippen MR) is 59.6 cm³/mol. The molecule has 6 nitrogen and oxygen atoms in total. The molecule has 0 atom stereocenters. The first kappa shape index (κ1) is 11.4. The molecule has 2 rings (SSSR count). The molecule has 1 amide bonds. The minimum atomic E-state index is -1.33. The number of pyridine rings is 1. The van der Waals surface area contributed by atoms with Crippen LogP contribution in [-0.4, -0.2) is 21.6 Å². The Labute approximate surface area is 96.9 Å². The molecule has 17 heavy (non-hydrogen) atoms. The lowest BCUT2D eigenvalue weighted by molar-refractivity contribution is -0.147. The fourth-order valence-electron chi connectivity index (χ4n) is 1.60. The van der Waals surface area contributed by atoms with Gasteiger partial charge in [-0.2, -0.15) is 0 Å². The van der Waals surface area contributed by atoms with E-state index in [9.17, 15) is 14.4 Å². The lowest BCUT2D eigenvalue weighted by Gasteiger charge is -2.10. The summed E-state index contributed by atoms with van der Waals surface area (Å²) < 4.78 is 1.32. The van der Waals surface area contributed by atoms with Crippen molar-refractivity contribution in [3.63, 3.8) is 0 Å². The summed E-state index contributed by atoms with van der Waals surface area (Å²) in [5.74, 6) is -1.75. The van der Waals surface area contributed by atoms with Crippen molar-refractivity contribution >= 4 is 17.6 Å². The highest BCUT2D eigenvalue weighted by Crippen LogP contribution is 2.46. The Bertz CT molecular complexity index is 543. The Morgan fingerprint density at radius 3 is 2.65 bits per heavy atom. The maximum Gasteiger partial charge on any atom is 0.319 e. The monoisotopic (exact) mass is 236 g/mol. The molecule has 1 saturated carbocycles. The van der Waals surface area contributed by atoms with Gasteiger partial charge >= 0.3 is 5.97 Å². The Morgan fingerprint density at radius 1 is 1.47 bits per heavy atom. The molecule has 0 aromatic carbocycles. The number of hydrogen-bond acceptors (Lipinski definition) is 3. The Hall–Kier alpha value is -2.11. The summed E-state index contributed by atoms with van der Waals surface area (Å²) >= 11 is 0. The van der Waals surface area contributed by atoms with Gasteiger partial charge < -0.3 is 15.0 Å². The molecule has 90 valence electrons. The number of amides is 1. The number of nitrogens with zero attached hydrogens (tertiary/aromatic N) is 1. The first-order valence-corrected chi connectivity index (χ1v) is 5.18. The van der Waals surface area contributed by atoms with Crippen LogP contribution >= 0.6 is 0 Å². The zero-order valence-electron chi connectivity index (χ0n) is 9.27.